The van der Waals surface area contributed by atoms with Gasteiger partial charge in [0.05, 0.1) is 38.9 Å². The number of piperazine rings is 2. The van der Waals surface area contributed by atoms with E-state index in [0.29, 0.717) is 30.3 Å². The van der Waals surface area contributed by atoms with Crippen molar-refractivity contribution in [3.05, 3.63) is 90.0 Å². The molecule has 3 aromatic rings. The Hall–Kier alpha value is -4.41. The normalized spacial score (nSPS) is 17.8. The molecule has 0 radical (unpaired) electrons. The third-order valence-corrected chi connectivity index (χ3v) is 8.07. The zero-order valence-corrected chi connectivity index (χ0v) is 24.7. The summed E-state index contributed by atoms with van der Waals surface area (Å²) in [4.78, 5) is 45.6. The molecule has 10 nitrogen and oxygen atoms in total. The summed E-state index contributed by atoms with van der Waals surface area (Å²) >= 11 is 0. The van der Waals surface area contributed by atoms with Crippen molar-refractivity contribution in [1.29, 1.82) is 0 Å². The van der Waals surface area contributed by atoms with Crippen LogP contribution in [0.15, 0.2) is 78.9 Å². The molecule has 5 rings (SSSR count). The maximum atomic E-state index is 13.5. The minimum absolute atomic E-state index is 0.136. The van der Waals surface area contributed by atoms with Crippen molar-refractivity contribution >= 4 is 23.4 Å². The molecular weight excluding hydrogens is 546 g/mol. The largest absolute Gasteiger partial charge is 0.497 e. The zero-order valence-electron chi connectivity index (χ0n) is 24.7. The molecule has 2 fully saturated rings. The minimum Gasteiger partial charge on any atom is -0.497 e. The summed E-state index contributed by atoms with van der Waals surface area (Å²) in [7, 11) is 3.05. The molecule has 2 heterocycles. The number of hydrogen-bond donors (Lipinski definition) is 2. The second-order valence-corrected chi connectivity index (χ2v) is 10.7. The third-order valence-electron chi connectivity index (χ3n) is 8.07. The number of nitrogens with one attached hydrogen (secondary N) is 2. The van der Waals surface area contributed by atoms with Crippen molar-refractivity contribution < 1.29 is 23.9 Å². The van der Waals surface area contributed by atoms with Gasteiger partial charge in [0, 0.05) is 45.3 Å². The number of rotatable bonds is 10. The predicted octanol–water partition coefficient (Wildman–Crippen LogP) is 2.77. The fourth-order valence-corrected chi connectivity index (χ4v) is 5.85. The van der Waals surface area contributed by atoms with E-state index in [9.17, 15) is 14.4 Å². The number of nitrogens with zero attached hydrogens (tertiary/aromatic N) is 3. The molecule has 2 N–H and O–H groups in total. The smallest absolute Gasteiger partial charge is 0.243 e. The van der Waals surface area contributed by atoms with E-state index in [2.05, 4.69) is 69.0 Å². The van der Waals surface area contributed by atoms with Gasteiger partial charge in [0.15, 0.2) is 0 Å². The zero-order chi connectivity index (χ0) is 30.2. The van der Waals surface area contributed by atoms with Gasteiger partial charge in [-0.3, -0.25) is 24.2 Å². The highest BCUT2D eigenvalue weighted by atomic mass is 16.5. The van der Waals surface area contributed by atoms with Crippen LogP contribution in [0.25, 0.3) is 0 Å². The average Bonchev–Trinajstić information content (AvgIpc) is 3.04. The van der Waals surface area contributed by atoms with Gasteiger partial charge in [-0.25, -0.2) is 0 Å². The molecule has 0 unspecified atom stereocenters. The van der Waals surface area contributed by atoms with E-state index in [1.807, 2.05) is 12.1 Å². The number of carbonyl (C=O) groups is 3. The van der Waals surface area contributed by atoms with Crippen LogP contribution in [-0.4, -0.2) is 98.5 Å². The predicted molar refractivity (Wildman–Crippen MR) is 164 cm³/mol. The molecule has 10 heteroatoms. The highest BCUT2D eigenvalue weighted by Crippen LogP contribution is 2.30. The molecular formula is C33H39N5O5. The molecule has 0 spiro atoms. The van der Waals surface area contributed by atoms with E-state index >= 15 is 0 Å². The number of hydrogen-bond acceptors (Lipinski definition) is 7. The van der Waals surface area contributed by atoms with E-state index in [-0.39, 0.29) is 30.8 Å². The van der Waals surface area contributed by atoms with Gasteiger partial charge >= 0.3 is 0 Å². The van der Waals surface area contributed by atoms with E-state index in [4.69, 9.17) is 9.47 Å². The standard InChI is InChI=1S/C33H39N5O5/c1-42-26-13-14-29(43-2)27(21-26)35-30(39)22-28-33(41)34-15-16-38(28)31(40)23-36-17-19-37(20-18-36)32(24-9-5-3-6-10-24)25-11-7-4-8-12-25/h3-14,21,28,32H,15-20,22-23H2,1-2H3,(H,34,41)(H,35,39)/t28-/m0/s1. The lowest BCUT2D eigenvalue weighted by Gasteiger charge is -2.41. The van der Waals surface area contributed by atoms with E-state index in [1.54, 1.807) is 23.1 Å². The number of benzene rings is 3. The van der Waals surface area contributed by atoms with Crippen molar-refractivity contribution in [2.75, 3.05) is 65.3 Å². The van der Waals surface area contributed by atoms with Crippen LogP contribution in [0.5, 0.6) is 11.5 Å². The second kappa shape index (κ2) is 14.2. The highest BCUT2D eigenvalue weighted by molar-refractivity contribution is 5.98. The second-order valence-electron chi connectivity index (χ2n) is 10.7. The van der Waals surface area contributed by atoms with Crippen LogP contribution in [0.1, 0.15) is 23.6 Å². The Labute approximate surface area is 252 Å². The molecule has 2 aliphatic heterocycles. The maximum Gasteiger partial charge on any atom is 0.243 e. The number of carbonyl (C=O) groups excluding carboxylic acids is 3. The molecule has 1 atom stereocenters. The van der Waals surface area contributed by atoms with Gasteiger partial charge in [0.25, 0.3) is 0 Å². The topological polar surface area (TPSA) is 103 Å². The van der Waals surface area contributed by atoms with Gasteiger partial charge in [0.1, 0.15) is 17.5 Å². The van der Waals surface area contributed by atoms with Crippen molar-refractivity contribution in [1.82, 2.24) is 20.0 Å². The first-order valence-corrected chi connectivity index (χ1v) is 14.6. The van der Waals surface area contributed by atoms with Crippen molar-refractivity contribution in [3.63, 3.8) is 0 Å². The van der Waals surface area contributed by atoms with E-state index in [1.165, 1.54) is 25.3 Å². The van der Waals surface area contributed by atoms with E-state index in [0.717, 1.165) is 26.2 Å². The minimum atomic E-state index is -0.889. The summed E-state index contributed by atoms with van der Waals surface area (Å²) in [5, 5.41) is 5.61. The summed E-state index contributed by atoms with van der Waals surface area (Å²) in [6.45, 7) is 3.97. The maximum absolute atomic E-state index is 13.5. The third kappa shape index (κ3) is 7.33. The molecule has 0 saturated carbocycles. The molecule has 0 bridgehead atoms. The first kappa shape index (κ1) is 30.1. The lowest BCUT2D eigenvalue weighted by atomic mass is 9.96. The fourth-order valence-electron chi connectivity index (χ4n) is 5.85. The Morgan fingerprint density at radius 3 is 2.14 bits per heavy atom. The summed E-state index contributed by atoms with van der Waals surface area (Å²) in [5.41, 5.74) is 2.92. The van der Waals surface area contributed by atoms with Crippen LogP contribution in [0.2, 0.25) is 0 Å². The lowest BCUT2D eigenvalue weighted by Crippen LogP contribution is -2.60. The summed E-state index contributed by atoms with van der Waals surface area (Å²) < 4.78 is 10.6. The summed E-state index contributed by atoms with van der Waals surface area (Å²) in [6, 6.07) is 25.3. The Bertz CT molecular complexity index is 1360. The molecule has 43 heavy (non-hydrogen) atoms. The average molecular weight is 586 g/mol. The summed E-state index contributed by atoms with van der Waals surface area (Å²) in [6.07, 6.45) is -0.165. The van der Waals surface area contributed by atoms with Crippen LogP contribution in [0.4, 0.5) is 5.69 Å². The van der Waals surface area contributed by atoms with Crippen molar-refractivity contribution in [2.24, 2.45) is 0 Å². The SMILES string of the molecule is COc1ccc(OC)c(NC(=O)C[C@H]2C(=O)NCCN2C(=O)CN2CCN(C(c3ccccc3)c3ccccc3)CC2)c1. The summed E-state index contributed by atoms with van der Waals surface area (Å²) in [5.74, 6) is 0.153. The molecule has 226 valence electrons. The Kier molecular flexibility index (Phi) is 9.91. The molecule has 0 aromatic heterocycles. The first-order valence-electron chi connectivity index (χ1n) is 14.6. The van der Waals surface area contributed by atoms with Gasteiger partial charge in [-0.2, -0.15) is 0 Å². The van der Waals surface area contributed by atoms with Crippen LogP contribution in [0, 0.1) is 0 Å². The number of methoxy groups -OCH3 is 2. The van der Waals surface area contributed by atoms with Gasteiger partial charge in [-0.15, -0.1) is 0 Å². The lowest BCUT2D eigenvalue weighted by molar-refractivity contribution is -0.145. The van der Waals surface area contributed by atoms with Crippen LogP contribution >= 0.6 is 0 Å². The fraction of sp³-hybridized carbons (Fsp3) is 0.364. The van der Waals surface area contributed by atoms with Gasteiger partial charge in [-0.05, 0) is 23.3 Å². The molecule has 0 aliphatic carbocycles. The Morgan fingerprint density at radius 1 is 0.884 bits per heavy atom. The monoisotopic (exact) mass is 585 g/mol. The van der Waals surface area contributed by atoms with Crippen LogP contribution < -0.4 is 20.1 Å². The van der Waals surface area contributed by atoms with E-state index < -0.39 is 11.9 Å². The van der Waals surface area contributed by atoms with Crippen LogP contribution in [-0.2, 0) is 14.4 Å². The Balaban J connectivity index is 1.21. The molecule has 3 aromatic carbocycles. The van der Waals surface area contributed by atoms with Crippen molar-refractivity contribution in [2.45, 2.75) is 18.5 Å². The highest BCUT2D eigenvalue weighted by Gasteiger charge is 2.36. The number of ether oxygens (including phenoxy) is 2. The van der Waals surface area contributed by atoms with Crippen molar-refractivity contribution in [3.8, 4) is 11.5 Å². The van der Waals surface area contributed by atoms with Crippen LogP contribution in [0.3, 0.4) is 0 Å². The molecule has 3 amide bonds. The van der Waals surface area contributed by atoms with Gasteiger partial charge in [-0.1, -0.05) is 60.7 Å². The first-order chi connectivity index (χ1) is 21.0. The quantitative estimate of drug-likeness (QED) is 0.377. The molecule has 2 saturated heterocycles. The Morgan fingerprint density at radius 2 is 1.53 bits per heavy atom. The van der Waals surface area contributed by atoms with Gasteiger partial charge < -0.3 is 25.0 Å². The number of amides is 3. The molecule has 2 aliphatic rings. The van der Waals surface area contributed by atoms with Gasteiger partial charge in [0.2, 0.25) is 17.7 Å². The number of anilines is 1.